The summed E-state index contributed by atoms with van der Waals surface area (Å²) in [6.45, 7) is 3.65. The number of rotatable bonds is 4. The second kappa shape index (κ2) is 5.46. The van der Waals surface area contributed by atoms with Crippen molar-refractivity contribution in [2.45, 2.75) is 13.8 Å². The topological polar surface area (TPSA) is 63.6 Å². The minimum atomic E-state index is -0.885. The minimum Gasteiger partial charge on any atom is -0.502 e. The molecule has 0 spiro atoms. The molecule has 0 aliphatic carbocycles. The van der Waals surface area contributed by atoms with Crippen molar-refractivity contribution in [3.63, 3.8) is 0 Å². The molecule has 86 valence electrons. The Labute approximate surface area is 97.2 Å². The number of ether oxygens (including phenoxy) is 1. The number of esters is 1. The maximum absolute atomic E-state index is 11.5. The lowest BCUT2D eigenvalue weighted by Crippen LogP contribution is -2.08. The van der Waals surface area contributed by atoms with Gasteiger partial charge < -0.3 is 9.84 Å². The van der Waals surface area contributed by atoms with E-state index in [1.807, 2.05) is 6.92 Å². The normalized spacial score (nSPS) is 11.2. The predicted molar refractivity (Wildman–Crippen MR) is 60.7 cm³/mol. The second-order valence-electron chi connectivity index (χ2n) is 3.02. The zero-order valence-corrected chi connectivity index (χ0v) is 9.84. The predicted octanol–water partition coefficient (Wildman–Crippen LogP) is 2.24. The van der Waals surface area contributed by atoms with Gasteiger partial charge in [-0.1, -0.05) is 0 Å². The van der Waals surface area contributed by atoms with Crippen LogP contribution in [0.4, 0.5) is 0 Å². The SMILES string of the molecule is CCOC(=O)/C(O)=C/C(=O)c1ccc(C)s1. The lowest BCUT2D eigenvalue weighted by Gasteiger charge is -1.98. The summed E-state index contributed by atoms with van der Waals surface area (Å²) in [5.74, 6) is -1.95. The number of thiophene rings is 1. The molecule has 16 heavy (non-hydrogen) atoms. The van der Waals surface area contributed by atoms with E-state index in [4.69, 9.17) is 0 Å². The van der Waals surface area contributed by atoms with E-state index < -0.39 is 17.5 Å². The summed E-state index contributed by atoms with van der Waals surface area (Å²) >= 11 is 1.31. The Morgan fingerprint density at radius 1 is 1.50 bits per heavy atom. The molecule has 0 amide bonds. The minimum absolute atomic E-state index is 0.156. The summed E-state index contributed by atoms with van der Waals surface area (Å²) in [4.78, 5) is 24.0. The number of aliphatic hydroxyl groups is 1. The standard InChI is InChI=1S/C11H12O4S/c1-3-15-11(14)9(13)6-8(12)10-5-4-7(2)16-10/h4-6,13H,3H2,1-2H3/b9-6-. The van der Waals surface area contributed by atoms with Gasteiger partial charge in [0.2, 0.25) is 5.76 Å². The highest BCUT2D eigenvalue weighted by Gasteiger charge is 2.12. The molecule has 0 saturated carbocycles. The van der Waals surface area contributed by atoms with Crippen molar-refractivity contribution < 1.29 is 19.4 Å². The van der Waals surface area contributed by atoms with Crippen LogP contribution in [0.25, 0.3) is 0 Å². The summed E-state index contributed by atoms with van der Waals surface area (Å²) < 4.78 is 4.54. The van der Waals surface area contributed by atoms with Gasteiger partial charge in [-0.25, -0.2) is 4.79 Å². The zero-order valence-electron chi connectivity index (χ0n) is 9.02. The fourth-order valence-corrected chi connectivity index (χ4v) is 1.80. The molecule has 1 N–H and O–H groups in total. The van der Waals surface area contributed by atoms with E-state index in [-0.39, 0.29) is 6.61 Å². The first-order valence-corrected chi connectivity index (χ1v) is 5.54. The molecule has 1 rings (SSSR count). The molecule has 0 fully saturated rings. The largest absolute Gasteiger partial charge is 0.502 e. The van der Waals surface area contributed by atoms with Crippen molar-refractivity contribution in [1.29, 1.82) is 0 Å². The van der Waals surface area contributed by atoms with Gasteiger partial charge >= 0.3 is 5.97 Å². The third kappa shape index (κ3) is 3.20. The molecule has 0 bridgehead atoms. The van der Waals surface area contributed by atoms with Gasteiger partial charge in [0, 0.05) is 11.0 Å². The van der Waals surface area contributed by atoms with Crippen molar-refractivity contribution in [2.75, 3.05) is 6.61 Å². The first kappa shape index (κ1) is 12.4. The lowest BCUT2D eigenvalue weighted by molar-refractivity contribution is -0.141. The number of ketones is 1. The first-order valence-electron chi connectivity index (χ1n) is 4.73. The summed E-state index contributed by atoms with van der Waals surface area (Å²) in [7, 11) is 0. The maximum Gasteiger partial charge on any atom is 0.373 e. The van der Waals surface area contributed by atoms with E-state index in [2.05, 4.69) is 4.74 Å². The van der Waals surface area contributed by atoms with E-state index in [0.717, 1.165) is 11.0 Å². The zero-order chi connectivity index (χ0) is 12.1. The van der Waals surface area contributed by atoms with Crippen LogP contribution in [0.3, 0.4) is 0 Å². The maximum atomic E-state index is 11.5. The van der Waals surface area contributed by atoms with Gasteiger partial charge in [-0.15, -0.1) is 11.3 Å². The van der Waals surface area contributed by atoms with Gasteiger partial charge in [0.1, 0.15) is 0 Å². The number of hydrogen-bond donors (Lipinski definition) is 1. The summed E-state index contributed by atoms with van der Waals surface area (Å²) in [6.07, 6.45) is 0.878. The van der Waals surface area contributed by atoms with Crippen molar-refractivity contribution >= 4 is 23.1 Å². The monoisotopic (exact) mass is 240 g/mol. The average Bonchev–Trinajstić information content (AvgIpc) is 2.65. The molecular formula is C11H12O4S. The Hall–Kier alpha value is -1.62. The highest BCUT2D eigenvalue weighted by Crippen LogP contribution is 2.16. The molecule has 1 aromatic rings. The molecule has 0 atom stereocenters. The van der Waals surface area contributed by atoms with E-state index >= 15 is 0 Å². The summed E-state index contributed by atoms with van der Waals surface area (Å²) in [6, 6.07) is 3.45. The number of carbonyl (C=O) groups excluding carboxylic acids is 2. The van der Waals surface area contributed by atoms with Gasteiger partial charge in [0.05, 0.1) is 11.5 Å². The third-order valence-corrected chi connectivity index (χ3v) is 2.75. The highest BCUT2D eigenvalue weighted by atomic mass is 32.1. The molecule has 1 aromatic heterocycles. The van der Waals surface area contributed by atoms with Crippen LogP contribution < -0.4 is 0 Å². The number of aliphatic hydroxyl groups excluding tert-OH is 1. The van der Waals surface area contributed by atoms with Gasteiger partial charge in [-0.3, -0.25) is 4.79 Å². The van der Waals surface area contributed by atoms with Gasteiger partial charge in [0.15, 0.2) is 5.78 Å². The molecule has 0 unspecified atom stereocenters. The Morgan fingerprint density at radius 2 is 2.19 bits per heavy atom. The van der Waals surface area contributed by atoms with Gasteiger partial charge in [0.25, 0.3) is 0 Å². The Morgan fingerprint density at radius 3 is 2.69 bits per heavy atom. The second-order valence-corrected chi connectivity index (χ2v) is 4.31. The quantitative estimate of drug-likeness (QED) is 0.379. The van der Waals surface area contributed by atoms with Crippen molar-refractivity contribution in [3.05, 3.63) is 33.7 Å². The first-order chi connectivity index (χ1) is 7.54. The van der Waals surface area contributed by atoms with Crippen molar-refractivity contribution in [1.82, 2.24) is 0 Å². The fraction of sp³-hybridized carbons (Fsp3) is 0.273. The lowest BCUT2D eigenvalue weighted by atomic mass is 10.3. The summed E-state index contributed by atoms with van der Waals surface area (Å²) in [5.41, 5.74) is 0. The molecule has 0 saturated heterocycles. The van der Waals surface area contributed by atoms with E-state index in [9.17, 15) is 14.7 Å². The third-order valence-electron chi connectivity index (χ3n) is 1.74. The average molecular weight is 240 g/mol. The number of allylic oxidation sites excluding steroid dienone is 1. The van der Waals surface area contributed by atoms with Crippen LogP contribution in [0.1, 0.15) is 21.5 Å². The van der Waals surface area contributed by atoms with Crippen molar-refractivity contribution in [2.24, 2.45) is 0 Å². The molecule has 5 heteroatoms. The van der Waals surface area contributed by atoms with Crippen LogP contribution in [0.2, 0.25) is 0 Å². The highest BCUT2D eigenvalue weighted by molar-refractivity contribution is 7.14. The number of hydrogen-bond acceptors (Lipinski definition) is 5. The number of aryl methyl sites for hydroxylation is 1. The van der Waals surface area contributed by atoms with E-state index in [1.54, 1.807) is 19.1 Å². The molecule has 0 radical (unpaired) electrons. The molecule has 0 aliphatic heterocycles. The van der Waals surface area contributed by atoms with Crippen LogP contribution in [0, 0.1) is 6.92 Å². The Bertz CT molecular complexity index is 431. The van der Waals surface area contributed by atoms with Crippen LogP contribution in [-0.4, -0.2) is 23.5 Å². The van der Waals surface area contributed by atoms with Gasteiger partial charge in [-0.2, -0.15) is 0 Å². The van der Waals surface area contributed by atoms with Gasteiger partial charge in [-0.05, 0) is 26.0 Å². The molecule has 1 heterocycles. The van der Waals surface area contributed by atoms with Crippen molar-refractivity contribution in [3.8, 4) is 0 Å². The fourth-order valence-electron chi connectivity index (χ4n) is 1.03. The molecule has 0 aliphatic rings. The molecular weight excluding hydrogens is 228 g/mol. The van der Waals surface area contributed by atoms with E-state index in [1.165, 1.54) is 11.3 Å². The Kier molecular flexibility index (Phi) is 4.25. The van der Waals surface area contributed by atoms with Crippen LogP contribution >= 0.6 is 11.3 Å². The summed E-state index contributed by atoms with van der Waals surface area (Å²) in [5, 5.41) is 9.26. The Balaban J connectivity index is 2.76. The van der Waals surface area contributed by atoms with Crippen LogP contribution in [-0.2, 0) is 9.53 Å². The molecule has 4 nitrogen and oxygen atoms in total. The van der Waals surface area contributed by atoms with Crippen LogP contribution in [0.5, 0.6) is 0 Å². The van der Waals surface area contributed by atoms with E-state index in [0.29, 0.717) is 4.88 Å². The number of carbonyl (C=O) groups is 2. The van der Waals surface area contributed by atoms with Crippen LogP contribution in [0.15, 0.2) is 24.0 Å². The smallest absolute Gasteiger partial charge is 0.373 e. The molecule has 0 aromatic carbocycles.